The summed E-state index contributed by atoms with van der Waals surface area (Å²) in [5, 5.41) is 15.1. The fraction of sp³-hybridized carbons (Fsp3) is 0.750. The topological polar surface area (TPSA) is 47.3 Å². The summed E-state index contributed by atoms with van der Waals surface area (Å²) in [6.45, 7) is 4.73. The van der Waals surface area contributed by atoms with Crippen LogP contribution in [0.4, 0.5) is 0 Å². The molecule has 0 radical (unpaired) electrons. The van der Waals surface area contributed by atoms with Crippen LogP contribution in [0.1, 0.15) is 38.8 Å². The zero-order chi connectivity index (χ0) is 12.7. The molecule has 96 valence electrons. The third-order valence-corrected chi connectivity index (χ3v) is 4.30. The molecule has 1 N–H and O–H groups in total. The van der Waals surface area contributed by atoms with Crippen LogP contribution in [0.25, 0.3) is 0 Å². The summed E-state index contributed by atoms with van der Waals surface area (Å²) in [5.41, 5.74) is -0.260. The van der Waals surface area contributed by atoms with Gasteiger partial charge in [-0.25, -0.2) is 0 Å². The van der Waals surface area contributed by atoms with Gasteiger partial charge in [0.2, 0.25) is 0 Å². The van der Waals surface area contributed by atoms with Gasteiger partial charge in [0.05, 0.1) is 28.6 Å². The Morgan fingerprint density at radius 3 is 2.88 bits per heavy atom. The van der Waals surface area contributed by atoms with E-state index in [4.69, 9.17) is 4.74 Å². The number of aromatic nitrogens is 2. The number of ether oxygens (including phenoxy) is 1. The zero-order valence-electron chi connectivity index (χ0n) is 10.5. The first-order valence-electron chi connectivity index (χ1n) is 5.94. The maximum atomic E-state index is 10.9. The summed E-state index contributed by atoms with van der Waals surface area (Å²) < 4.78 is 8.39. The van der Waals surface area contributed by atoms with Gasteiger partial charge in [0.25, 0.3) is 0 Å². The van der Waals surface area contributed by atoms with Crippen LogP contribution in [0.3, 0.4) is 0 Å². The van der Waals surface area contributed by atoms with Crippen LogP contribution >= 0.6 is 15.9 Å². The average molecular weight is 303 g/mol. The molecule has 0 aromatic carbocycles. The molecule has 4 nitrogen and oxygen atoms in total. The van der Waals surface area contributed by atoms with Crippen LogP contribution in [-0.2, 0) is 17.4 Å². The molecule has 17 heavy (non-hydrogen) atoms. The molecule has 0 aliphatic carbocycles. The van der Waals surface area contributed by atoms with Gasteiger partial charge in [-0.2, -0.15) is 5.10 Å². The second-order valence-electron chi connectivity index (χ2n) is 5.08. The highest BCUT2D eigenvalue weighted by Gasteiger charge is 2.44. The van der Waals surface area contributed by atoms with E-state index in [1.165, 1.54) is 0 Å². The Hall–Kier alpha value is -0.390. The van der Waals surface area contributed by atoms with E-state index in [0.717, 1.165) is 16.6 Å². The van der Waals surface area contributed by atoms with Gasteiger partial charge in [-0.3, -0.25) is 4.68 Å². The van der Waals surface area contributed by atoms with Gasteiger partial charge in [0, 0.05) is 19.9 Å². The Bertz CT molecular complexity index is 401. The lowest BCUT2D eigenvalue weighted by Crippen LogP contribution is -2.46. The van der Waals surface area contributed by atoms with Gasteiger partial charge in [-0.1, -0.05) is 6.92 Å². The normalized spacial score (nSPS) is 33.9. The minimum atomic E-state index is -0.854. The third kappa shape index (κ3) is 2.28. The van der Waals surface area contributed by atoms with Crippen LogP contribution in [0, 0.1) is 0 Å². The quantitative estimate of drug-likeness (QED) is 0.912. The van der Waals surface area contributed by atoms with Crippen molar-refractivity contribution >= 4 is 15.9 Å². The fourth-order valence-corrected chi connectivity index (χ4v) is 3.30. The third-order valence-electron chi connectivity index (χ3n) is 3.72. The molecule has 0 bridgehead atoms. The van der Waals surface area contributed by atoms with Crippen molar-refractivity contribution in [3.05, 3.63) is 16.4 Å². The van der Waals surface area contributed by atoms with E-state index in [2.05, 4.69) is 34.9 Å². The maximum absolute atomic E-state index is 10.9. The van der Waals surface area contributed by atoms with E-state index < -0.39 is 5.60 Å². The lowest BCUT2D eigenvalue weighted by atomic mass is 9.80. The predicted molar refractivity (Wildman–Crippen MR) is 68.7 cm³/mol. The first kappa shape index (κ1) is 13.1. The van der Waals surface area contributed by atoms with Crippen molar-refractivity contribution in [3.8, 4) is 0 Å². The van der Waals surface area contributed by atoms with E-state index >= 15 is 0 Å². The molecule has 1 aromatic heterocycles. The second-order valence-corrected chi connectivity index (χ2v) is 5.93. The second kappa shape index (κ2) is 4.37. The van der Waals surface area contributed by atoms with Crippen molar-refractivity contribution in [2.45, 2.75) is 44.3 Å². The van der Waals surface area contributed by atoms with Crippen molar-refractivity contribution in [3.63, 3.8) is 0 Å². The zero-order valence-corrected chi connectivity index (χ0v) is 12.1. The van der Waals surface area contributed by atoms with E-state index in [0.29, 0.717) is 19.4 Å². The van der Waals surface area contributed by atoms with Gasteiger partial charge < -0.3 is 9.84 Å². The standard InChI is InChI=1S/C12H19BrN2O2/c1-4-11(2)8-12(16,5-6-17-11)10-9(13)7-14-15(10)3/h7,16H,4-6,8H2,1-3H3. The largest absolute Gasteiger partial charge is 0.383 e. The molecule has 2 atom stereocenters. The van der Waals surface area contributed by atoms with Crippen molar-refractivity contribution < 1.29 is 9.84 Å². The lowest BCUT2D eigenvalue weighted by Gasteiger charge is -2.43. The molecule has 1 aromatic rings. The predicted octanol–water partition coefficient (Wildman–Crippen LogP) is 2.35. The highest BCUT2D eigenvalue weighted by molar-refractivity contribution is 9.10. The molecule has 2 unspecified atom stereocenters. The lowest BCUT2D eigenvalue weighted by molar-refractivity contribution is -0.160. The molecule has 0 spiro atoms. The van der Waals surface area contributed by atoms with Crippen molar-refractivity contribution in [1.29, 1.82) is 0 Å². The van der Waals surface area contributed by atoms with Crippen LogP contribution in [0.15, 0.2) is 10.7 Å². The molecule has 2 heterocycles. The van der Waals surface area contributed by atoms with Crippen LogP contribution in [0.5, 0.6) is 0 Å². The summed E-state index contributed by atoms with van der Waals surface area (Å²) in [7, 11) is 1.86. The van der Waals surface area contributed by atoms with E-state index in [9.17, 15) is 5.11 Å². The first-order valence-corrected chi connectivity index (χ1v) is 6.74. The number of aryl methyl sites for hydroxylation is 1. The van der Waals surface area contributed by atoms with Crippen molar-refractivity contribution in [1.82, 2.24) is 9.78 Å². The Labute approximate surface area is 110 Å². The van der Waals surface area contributed by atoms with Crippen molar-refractivity contribution in [2.24, 2.45) is 7.05 Å². The van der Waals surface area contributed by atoms with Crippen molar-refractivity contribution in [2.75, 3.05) is 6.61 Å². The molecular formula is C12H19BrN2O2. The SMILES string of the molecule is CCC1(C)CC(O)(c2c(Br)cnn2C)CCO1. The summed E-state index contributed by atoms with van der Waals surface area (Å²) >= 11 is 3.46. The number of rotatable bonds is 2. The number of nitrogens with zero attached hydrogens (tertiary/aromatic N) is 2. The average Bonchev–Trinajstić information content (AvgIpc) is 2.59. The number of hydrogen-bond acceptors (Lipinski definition) is 3. The Balaban J connectivity index is 2.36. The smallest absolute Gasteiger partial charge is 0.112 e. The first-order chi connectivity index (χ1) is 7.90. The summed E-state index contributed by atoms with van der Waals surface area (Å²) in [4.78, 5) is 0. The van der Waals surface area contributed by atoms with Crippen LogP contribution in [0.2, 0.25) is 0 Å². The fourth-order valence-electron chi connectivity index (χ4n) is 2.59. The molecule has 1 aliphatic heterocycles. The minimum Gasteiger partial charge on any atom is -0.383 e. The summed E-state index contributed by atoms with van der Waals surface area (Å²) in [6, 6.07) is 0. The molecule has 1 saturated heterocycles. The number of halogens is 1. The van der Waals surface area contributed by atoms with Crippen LogP contribution in [-0.4, -0.2) is 27.1 Å². The molecule has 1 fully saturated rings. The van der Waals surface area contributed by atoms with Gasteiger partial charge in [0.15, 0.2) is 0 Å². The molecule has 0 amide bonds. The van der Waals surface area contributed by atoms with Gasteiger partial charge in [-0.05, 0) is 29.3 Å². The maximum Gasteiger partial charge on any atom is 0.112 e. The summed E-state index contributed by atoms with van der Waals surface area (Å²) in [5.74, 6) is 0. The van der Waals surface area contributed by atoms with Gasteiger partial charge in [0.1, 0.15) is 5.60 Å². The highest BCUT2D eigenvalue weighted by Crippen LogP contribution is 2.42. The molecule has 0 saturated carbocycles. The van der Waals surface area contributed by atoms with Gasteiger partial charge in [-0.15, -0.1) is 0 Å². The van der Waals surface area contributed by atoms with Gasteiger partial charge >= 0.3 is 0 Å². The molecule has 2 rings (SSSR count). The van der Waals surface area contributed by atoms with E-state index in [1.807, 2.05) is 7.05 Å². The summed E-state index contributed by atoms with van der Waals surface area (Å²) in [6.07, 6.45) is 3.84. The Kier molecular flexibility index (Phi) is 3.36. The monoisotopic (exact) mass is 302 g/mol. The highest BCUT2D eigenvalue weighted by atomic mass is 79.9. The van der Waals surface area contributed by atoms with E-state index in [-0.39, 0.29) is 5.60 Å². The Morgan fingerprint density at radius 2 is 2.35 bits per heavy atom. The van der Waals surface area contributed by atoms with E-state index in [1.54, 1.807) is 10.9 Å². The minimum absolute atomic E-state index is 0.253. The van der Waals surface area contributed by atoms with Crippen LogP contribution < -0.4 is 0 Å². The number of hydrogen-bond donors (Lipinski definition) is 1. The number of aliphatic hydroxyl groups is 1. The molecular weight excluding hydrogens is 284 g/mol. The molecule has 1 aliphatic rings. The Morgan fingerprint density at radius 1 is 1.65 bits per heavy atom. The molecule has 5 heteroatoms.